The van der Waals surface area contributed by atoms with Gasteiger partial charge >= 0.3 is 11.8 Å². The maximum Gasteiger partial charge on any atom is 0.312 e. The van der Waals surface area contributed by atoms with Gasteiger partial charge in [0.2, 0.25) is 0 Å². The van der Waals surface area contributed by atoms with Crippen LogP contribution in [0, 0.1) is 0 Å². The van der Waals surface area contributed by atoms with Gasteiger partial charge in [0.25, 0.3) is 0 Å². The van der Waals surface area contributed by atoms with Crippen LogP contribution in [0.4, 0.5) is 5.82 Å². The van der Waals surface area contributed by atoms with Crippen molar-refractivity contribution in [2.24, 2.45) is 0 Å². The van der Waals surface area contributed by atoms with Crippen molar-refractivity contribution in [3.05, 3.63) is 17.0 Å². The van der Waals surface area contributed by atoms with Crippen LogP contribution in [0.1, 0.15) is 24.6 Å². The zero-order valence-corrected chi connectivity index (χ0v) is 12.7. The smallest absolute Gasteiger partial charge is 0.312 e. The number of rotatable bonds is 2. The van der Waals surface area contributed by atoms with Crippen LogP contribution in [0.5, 0.6) is 0 Å². The number of aromatic nitrogens is 2. The summed E-state index contributed by atoms with van der Waals surface area (Å²) in [6, 6.07) is 1.75. The molecular weight excluding hydrogens is 306 g/mol. The monoisotopic (exact) mass is 321 g/mol. The molecule has 0 bridgehead atoms. The molecule has 7 nitrogen and oxygen atoms in total. The standard InChI is InChI=1S/C14H16ClN5O2/c15-10-5-11(18-12(17-10)8-1-2-8)19-3-4-20-9(7-19)6-16-13(21)14(20)22/h5,8-9H,1-4,6-7H2,(H,16,21). The summed E-state index contributed by atoms with van der Waals surface area (Å²) in [6.45, 7) is 2.29. The molecule has 2 aliphatic heterocycles. The lowest BCUT2D eigenvalue weighted by Crippen LogP contribution is -2.65. The number of hydrogen-bond acceptors (Lipinski definition) is 5. The molecule has 1 atom stereocenters. The Morgan fingerprint density at radius 2 is 2.05 bits per heavy atom. The van der Waals surface area contributed by atoms with Crippen molar-refractivity contribution < 1.29 is 9.59 Å². The molecule has 3 heterocycles. The molecule has 4 rings (SSSR count). The molecule has 2 amide bonds. The Bertz CT molecular complexity index is 648. The van der Waals surface area contributed by atoms with Crippen molar-refractivity contribution in [3.8, 4) is 0 Å². The van der Waals surface area contributed by atoms with Gasteiger partial charge in [-0.2, -0.15) is 0 Å². The highest BCUT2D eigenvalue weighted by Crippen LogP contribution is 2.39. The number of fused-ring (bicyclic) bond motifs is 1. The number of hydrogen-bond donors (Lipinski definition) is 1. The molecule has 1 aromatic rings. The molecule has 1 aliphatic carbocycles. The fraction of sp³-hybridized carbons (Fsp3) is 0.571. The Morgan fingerprint density at radius 3 is 2.82 bits per heavy atom. The molecule has 1 unspecified atom stereocenters. The van der Waals surface area contributed by atoms with Crippen LogP contribution in [0.15, 0.2) is 6.07 Å². The molecule has 1 saturated carbocycles. The van der Waals surface area contributed by atoms with Crippen molar-refractivity contribution in [1.82, 2.24) is 20.2 Å². The van der Waals surface area contributed by atoms with Crippen LogP contribution in [-0.4, -0.2) is 58.9 Å². The average Bonchev–Trinajstić information content (AvgIpc) is 3.35. The van der Waals surface area contributed by atoms with Crippen LogP contribution >= 0.6 is 11.6 Å². The van der Waals surface area contributed by atoms with Gasteiger partial charge in [-0.15, -0.1) is 0 Å². The molecule has 22 heavy (non-hydrogen) atoms. The number of anilines is 1. The van der Waals surface area contributed by atoms with Gasteiger partial charge in [0, 0.05) is 38.2 Å². The Hall–Kier alpha value is -1.89. The maximum absolute atomic E-state index is 11.9. The fourth-order valence-corrected chi connectivity index (χ4v) is 3.22. The first-order valence-electron chi connectivity index (χ1n) is 7.50. The lowest BCUT2D eigenvalue weighted by Gasteiger charge is -2.43. The predicted octanol–water partition coefficient (Wildman–Crippen LogP) is 0.154. The summed E-state index contributed by atoms with van der Waals surface area (Å²) in [7, 11) is 0. The van der Waals surface area contributed by atoms with Gasteiger partial charge in [-0.3, -0.25) is 9.59 Å². The number of amides is 2. The SMILES string of the molecule is O=C1NCC2CN(c3cc(Cl)nc(C4CC4)n3)CCN2C1=O. The molecule has 116 valence electrons. The normalized spacial score (nSPS) is 25.0. The van der Waals surface area contributed by atoms with Gasteiger partial charge < -0.3 is 15.1 Å². The highest BCUT2D eigenvalue weighted by atomic mass is 35.5. The molecule has 1 N–H and O–H groups in total. The topological polar surface area (TPSA) is 78.4 Å². The van der Waals surface area contributed by atoms with E-state index in [0.717, 1.165) is 24.5 Å². The maximum atomic E-state index is 11.9. The van der Waals surface area contributed by atoms with Crippen molar-refractivity contribution in [3.63, 3.8) is 0 Å². The van der Waals surface area contributed by atoms with E-state index in [-0.39, 0.29) is 6.04 Å². The van der Waals surface area contributed by atoms with Gasteiger partial charge in [-0.05, 0) is 12.8 Å². The Balaban J connectivity index is 1.55. The van der Waals surface area contributed by atoms with Crippen LogP contribution < -0.4 is 10.2 Å². The number of carbonyl (C=O) groups is 2. The van der Waals surface area contributed by atoms with Gasteiger partial charge in [0.05, 0.1) is 6.04 Å². The first kappa shape index (κ1) is 13.8. The fourth-order valence-electron chi connectivity index (χ4n) is 3.03. The lowest BCUT2D eigenvalue weighted by atomic mass is 10.1. The van der Waals surface area contributed by atoms with E-state index in [1.165, 1.54) is 0 Å². The second-order valence-electron chi connectivity index (χ2n) is 5.99. The van der Waals surface area contributed by atoms with E-state index in [2.05, 4.69) is 20.2 Å². The number of nitrogens with zero attached hydrogens (tertiary/aromatic N) is 4. The minimum Gasteiger partial charge on any atom is -0.353 e. The quantitative estimate of drug-likeness (QED) is 0.620. The zero-order valence-electron chi connectivity index (χ0n) is 12.0. The molecule has 3 aliphatic rings. The first-order valence-corrected chi connectivity index (χ1v) is 7.88. The molecule has 2 saturated heterocycles. The number of piperazine rings is 2. The van der Waals surface area contributed by atoms with Gasteiger partial charge in [-0.25, -0.2) is 9.97 Å². The third kappa shape index (κ3) is 2.39. The third-order valence-electron chi connectivity index (χ3n) is 4.40. The van der Waals surface area contributed by atoms with E-state index in [1.54, 1.807) is 11.0 Å². The van der Waals surface area contributed by atoms with Gasteiger partial charge in [-0.1, -0.05) is 11.6 Å². The summed E-state index contributed by atoms with van der Waals surface area (Å²) in [4.78, 5) is 36.0. The van der Waals surface area contributed by atoms with Crippen LogP contribution in [0.2, 0.25) is 5.15 Å². The van der Waals surface area contributed by atoms with E-state index in [9.17, 15) is 9.59 Å². The predicted molar refractivity (Wildman–Crippen MR) is 79.7 cm³/mol. The molecule has 1 aromatic heterocycles. The Labute approximate surface area is 132 Å². The van der Waals surface area contributed by atoms with Crippen molar-refractivity contribution in [1.29, 1.82) is 0 Å². The van der Waals surface area contributed by atoms with Crippen LogP contribution in [0.3, 0.4) is 0 Å². The summed E-state index contributed by atoms with van der Waals surface area (Å²) in [5, 5.41) is 3.10. The molecule has 3 fully saturated rings. The number of nitrogens with one attached hydrogen (secondary N) is 1. The molecule has 8 heteroatoms. The van der Waals surface area contributed by atoms with Crippen molar-refractivity contribution >= 4 is 29.2 Å². The highest BCUT2D eigenvalue weighted by Gasteiger charge is 2.38. The minimum absolute atomic E-state index is 0.0166. The number of carbonyl (C=O) groups excluding carboxylic acids is 2. The summed E-state index contributed by atoms with van der Waals surface area (Å²) < 4.78 is 0. The van der Waals surface area contributed by atoms with E-state index >= 15 is 0 Å². The largest absolute Gasteiger partial charge is 0.353 e. The first-order chi connectivity index (χ1) is 10.6. The number of halogens is 1. The molecule has 0 aromatic carbocycles. The van der Waals surface area contributed by atoms with Crippen molar-refractivity contribution in [2.75, 3.05) is 31.1 Å². The average molecular weight is 322 g/mol. The molecule has 0 spiro atoms. The summed E-state index contributed by atoms with van der Waals surface area (Å²) in [5.41, 5.74) is 0. The van der Waals surface area contributed by atoms with E-state index in [4.69, 9.17) is 11.6 Å². The lowest BCUT2D eigenvalue weighted by molar-refractivity contribution is -0.150. The van der Waals surface area contributed by atoms with E-state index in [0.29, 0.717) is 37.3 Å². The highest BCUT2D eigenvalue weighted by molar-refractivity contribution is 6.35. The van der Waals surface area contributed by atoms with E-state index in [1.807, 2.05) is 0 Å². The second kappa shape index (κ2) is 5.08. The Kier molecular flexibility index (Phi) is 3.18. The van der Waals surface area contributed by atoms with Gasteiger partial charge in [0.15, 0.2) is 0 Å². The van der Waals surface area contributed by atoms with Crippen LogP contribution in [0.25, 0.3) is 0 Å². The van der Waals surface area contributed by atoms with Crippen LogP contribution in [-0.2, 0) is 9.59 Å². The molecule has 0 radical (unpaired) electrons. The Morgan fingerprint density at radius 1 is 1.23 bits per heavy atom. The third-order valence-corrected chi connectivity index (χ3v) is 4.59. The second-order valence-corrected chi connectivity index (χ2v) is 6.38. The van der Waals surface area contributed by atoms with E-state index < -0.39 is 11.8 Å². The summed E-state index contributed by atoms with van der Waals surface area (Å²) in [6.07, 6.45) is 2.24. The minimum atomic E-state index is -0.509. The van der Waals surface area contributed by atoms with Crippen molar-refractivity contribution in [2.45, 2.75) is 24.8 Å². The molecular formula is C14H16ClN5O2. The summed E-state index contributed by atoms with van der Waals surface area (Å²) >= 11 is 6.12. The summed E-state index contributed by atoms with van der Waals surface area (Å²) in [5.74, 6) is 1.12. The zero-order chi connectivity index (χ0) is 15.3. The van der Waals surface area contributed by atoms with Gasteiger partial charge in [0.1, 0.15) is 16.8 Å².